The Morgan fingerprint density at radius 1 is 1.21 bits per heavy atom. The lowest BCUT2D eigenvalue weighted by Crippen LogP contribution is -2.41. The Bertz CT molecular complexity index is 952. The fourth-order valence-electron chi connectivity index (χ4n) is 2.96. The number of nitrogens with zero attached hydrogens (tertiary/aromatic N) is 1. The van der Waals surface area contributed by atoms with Crippen LogP contribution in [0.1, 0.15) is 23.6 Å². The number of esters is 1. The van der Waals surface area contributed by atoms with Gasteiger partial charge in [-0.05, 0) is 31.6 Å². The van der Waals surface area contributed by atoms with Crippen LogP contribution < -0.4 is 4.74 Å². The lowest BCUT2D eigenvalue weighted by molar-refractivity contribution is -0.756. The minimum Gasteiger partial charge on any atom is -0.475 e. The van der Waals surface area contributed by atoms with E-state index in [-0.39, 0.29) is 30.5 Å². The molecule has 1 heterocycles. The molecule has 0 aliphatic carbocycles. The van der Waals surface area contributed by atoms with Crippen LogP contribution >= 0.6 is 11.8 Å². The second-order valence-corrected chi connectivity index (χ2v) is 8.22. The van der Waals surface area contributed by atoms with Gasteiger partial charge in [-0.1, -0.05) is 11.6 Å². The monoisotopic (exact) mass is 509 g/mol. The topological polar surface area (TPSA) is 123 Å². The van der Waals surface area contributed by atoms with Crippen LogP contribution in [0, 0.1) is 24.0 Å². The maximum atomic E-state index is 13.6. The molecule has 2 atom stereocenters. The van der Waals surface area contributed by atoms with Gasteiger partial charge in [0.1, 0.15) is 19.0 Å². The fourth-order valence-corrected chi connectivity index (χ4v) is 3.56. The molecule has 1 aromatic rings. The molecular weight excluding hydrogens is 487 g/mol. The summed E-state index contributed by atoms with van der Waals surface area (Å²) in [5.74, 6) is -0.790. The van der Waals surface area contributed by atoms with Gasteiger partial charge in [0.05, 0.1) is 5.57 Å². The van der Waals surface area contributed by atoms with E-state index in [0.717, 1.165) is 18.6 Å². The Hall–Kier alpha value is -3.16. The van der Waals surface area contributed by atoms with Gasteiger partial charge in [0.25, 0.3) is 5.09 Å². The Balaban J connectivity index is 1.92. The lowest BCUT2D eigenvalue weighted by Gasteiger charge is -2.29. The molecule has 0 fully saturated rings. The van der Waals surface area contributed by atoms with Crippen molar-refractivity contribution in [3.63, 3.8) is 0 Å². The molecule has 1 aliphatic heterocycles. The Kier molecular flexibility index (Phi) is 9.41. The predicted octanol–water partition coefficient (Wildman–Crippen LogP) is 3.99. The smallest absolute Gasteiger partial charge is 0.475 e. The summed E-state index contributed by atoms with van der Waals surface area (Å²) in [7, 11) is 0. The first kappa shape index (κ1) is 27.1. The zero-order valence-corrected chi connectivity index (χ0v) is 19.2. The summed E-state index contributed by atoms with van der Waals surface area (Å²) in [5, 5.41) is 9.07. The summed E-state index contributed by atoms with van der Waals surface area (Å²) < 4.78 is 60.1. The molecule has 0 aromatic heterocycles. The van der Waals surface area contributed by atoms with Crippen molar-refractivity contribution in [2.45, 2.75) is 39.3 Å². The number of ether oxygens (including phenoxy) is 4. The maximum absolute atomic E-state index is 13.6. The minimum atomic E-state index is -4.90. The van der Waals surface area contributed by atoms with Crippen LogP contribution in [0.2, 0.25) is 0 Å². The first-order chi connectivity index (χ1) is 15.9. The van der Waals surface area contributed by atoms with E-state index in [1.54, 1.807) is 26.0 Å². The molecule has 0 radical (unpaired) electrons. The van der Waals surface area contributed by atoms with E-state index in [0.29, 0.717) is 11.1 Å². The maximum Gasteiger partial charge on any atom is 0.511 e. The van der Waals surface area contributed by atoms with E-state index in [2.05, 4.69) is 4.84 Å². The third kappa shape index (κ3) is 8.01. The van der Waals surface area contributed by atoms with Crippen LogP contribution in [0.5, 0.6) is 5.75 Å². The molecule has 0 spiro atoms. The van der Waals surface area contributed by atoms with Crippen LogP contribution in [-0.2, 0) is 23.8 Å². The number of thioether (sulfide) groups is 1. The highest BCUT2D eigenvalue weighted by molar-refractivity contribution is 7.99. The number of benzene rings is 1. The van der Waals surface area contributed by atoms with Gasteiger partial charge >= 0.3 is 18.3 Å². The van der Waals surface area contributed by atoms with Gasteiger partial charge in [0, 0.05) is 24.0 Å². The molecule has 188 valence electrons. The van der Waals surface area contributed by atoms with E-state index >= 15 is 0 Å². The highest BCUT2D eigenvalue weighted by Gasteiger charge is 2.49. The molecule has 14 heteroatoms. The van der Waals surface area contributed by atoms with E-state index in [1.165, 1.54) is 11.8 Å². The molecule has 2 rings (SSSR count). The summed E-state index contributed by atoms with van der Waals surface area (Å²) >= 11 is 1.21. The lowest BCUT2D eigenvalue weighted by atomic mass is 9.97. The summed E-state index contributed by atoms with van der Waals surface area (Å²) in [4.78, 5) is 38.2. The normalized spacial score (nSPS) is 15.8. The Morgan fingerprint density at radius 2 is 1.88 bits per heavy atom. The zero-order valence-electron chi connectivity index (χ0n) is 18.4. The number of aryl methyl sites for hydroxylation is 2. The number of carbonyl (C=O) groups excluding carboxylic acids is 2. The standard InChI is InChI=1S/C20H22F3NO9S/c1-11-8-12(2)16-14(9-11)10-15(17(33-16)20(21,22)23)18(25)31-13(3)32-19(26)29-4-6-34-7-5-30-24(27)28/h8-10,13,17H,4-7H2,1-3H3. The van der Waals surface area contributed by atoms with Crippen LogP contribution in [0.25, 0.3) is 6.08 Å². The quantitative estimate of drug-likeness (QED) is 0.150. The third-order valence-corrected chi connectivity index (χ3v) is 5.13. The molecule has 0 N–H and O–H groups in total. The summed E-state index contributed by atoms with van der Waals surface area (Å²) in [6.07, 6.45) is -9.16. The molecule has 34 heavy (non-hydrogen) atoms. The van der Waals surface area contributed by atoms with Crippen molar-refractivity contribution in [2.75, 3.05) is 24.7 Å². The molecule has 0 amide bonds. The average molecular weight is 509 g/mol. The van der Waals surface area contributed by atoms with Crippen LogP contribution in [0.15, 0.2) is 17.7 Å². The molecule has 1 aromatic carbocycles. The molecular formula is C20H22F3NO9S. The SMILES string of the molecule is Cc1cc(C)c2c(c1)C=C(C(=O)OC(C)OC(=O)OCCSCCO[N+](=O)[O-])C(C(F)(F)F)O2. The van der Waals surface area contributed by atoms with Crippen molar-refractivity contribution in [3.05, 3.63) is 44.5 Å². The van der Waals surface area contributed by atoms with Crippen LogP contribution in [0.4, 0.5) is 18.0 Å². The number of alkyl halides is 3. The van der Waals surface area contributed by atoms with Gasteiger partial charge in [-0.3, -0.25) is 0 Å². The zero-order chi connectivity index (χ0) is 25.5. The first-order valence-corrected chi connectivity index (χ1v) is 11.0. The summed E-state index contributed by atoms with van der Waals surface area (Å²) in [6, 6.07) is 3.23. The second-order valence-electron chi connectivity index (χ2n) is 7.00. The highest BCUT2D eigenvalue weighted by atomic mass is 32.2. The number of hydrogen-bond acceptors (Lipinski definition) is 10. The van der Waals surface area contributed by atoms with Gasteiger partial charge < -0.3 is 23.8 Å². The summed E-state index contributed by atoms with van der Waals surface area (Å²) in [5.41, 5.74) is 0.745. The van der Waals surface area contributed by atoms with Crippen molar-refractivity contribution < 1.29 is 51.6 Å². The molecule has 0 saturated heterocycles. The van der Waals surface area contributed by atoms with Crippen molar-refractivity contribution in [1.29, 1.82) is 0 Å². The highest BCUT2D eigenvalue weighted by Crippen LogP contribution is 2.39. The van der Waals surface area contributed by atoms with Crippen molar-refractivity contribution in [1.82, 2.24) is 0 Å². The van der Waals surface area contributed by atoms with Gasteiger partial charge in [-0.15, -0.1) is 10.1 Å². The second kappa shape index (κ2) is 11.8. The van der Waals surface area contributed by atoms with E-state index < -0.39 is 41.4 Å². The number of rotatable bonds is 10. The van der Waals surface area contributed by atoms with Gasteiger partial charge in [-0.2, -0.15) is 24.9 Å². The van der Waals surface area contributed by atoms with Gasteiger partial charge in [0.15, 0.2) is 0 Å². The molecule has 1 aliphatic rings. The van der Waals surface area contributed by atoms with E-state index in [9.17, 15) is 32.9 Å². The number of hydrogen-bond donors (Lipinski definition) is 0. The predicted molar refractivity (Wildman–Crippen MR) is 113 cm³/mol. The molecule has 0 saturated carbocycles. The Labute approximate surface area is 196 Å². The van der Waals surface area contributed by atoms with Gasteiger partial charge in [-0.25, -0.2) is 9.59 Å². The van der Waals surface area contributed by atoms with Gasteiger partial charge in [0.2, 0.25) is 12.4 Å². The fraction of sp³-hybridized carbons (Fsp3) is 0.500. The number of carbonyl (C=O) groups is 2. The van der Waals surface area contributed by atoms with Crippen LogP contribution in [0.3, 0.4) is 0 Å². The average Bonchev–Trinajstić information content (AvgIpc) is 2.70. The Morgan fingerprint density at radius 3 is 2.53 bits per heavy atom. The van der Waals surface area contributed by atoms with E-state index in [4.69, 9.17) is 18.9 Å². The van der Waals surface area contributed by atoms with Crippen molar-refractivity contribution >= 4 is 30.0 Å². The minimum absolute atomic E-state index is 0.0140. The summed E-state index contributed by atoms with van der Waals surface area (Å²) in [6.45, 7) is 4.23. The number of fused-ring (bicyclic) bond motifs is 1. The van der Waals surface area contributed by atoms with Crippen LogP contribution in [-0.4, -0.2) is 60.5 Å². The van der Waals surface area contributed by atoms with E-state index in [1.807, 2.05) is 0 Å². The largest absolute Gasteiger partial charge is 0.511 e. The molecule has 10 nitrogen and oxygen atoms in total. The number of halogens is 3. The molecule has 0 bridgehead atoms. The first-order valence-electron chi connectivity index (χ1n) is 9.84. The van der Waals surface area contributed by atoms with Crippen molar-refractivity contribution in [3.8, 4) is 5.75 Å². The third-order valence-electron chi connectivity index (χ3n) is 4.22. The molecule has 2 unspecified atom stereocenters. The van der Waals surface area contributed by atoms with Crippen molar-refractivity contribution in [2.24, 2.45) is 0 Å².